The van der Waals surface area contributed by atoms with Crippen LogP contribution in [0.15, 0.2) is 81.2 Å². The SMILES string of the molecule is CCOc1cc(C)c(-c2nc3ccccc3c(=O)n2N=Cc2cc(Cl)c(Oc3ccc([N+](=O)[O-])cn3)c(Br)c2)cc1C(C)C. The number of rotatable bonds is 9. The average molecular weight is 677 g/mol. The number of aromatic nitrogens is 3. The van der Waals surface area contributed by atoms with E-state index in [9.17, 15) is 14.9 Å². The van der Waals surface area contributed by atoms with Gasteiger partial charge >= 0.3 is 0 Å². The fourth-order valence-corrected chi connectivity index (χ4v) is 5.54. The number of halogens is 2. The van der Waals surface area contributed by atoms with Crippen LogP contribution in [0.4, 0.5) is 5.69 Å². The maximum Gasteiger partial charge on any atom is 0.287 e. The Morgan fingerprint density at radius 3 is 2.59 bits per heavy atom. The Kier molecular flexibility index (Phi) is 9.07. The monoisotopic (exact) mass is 675 g/mol. The van der Waals surface area contributed by atoms with E-state index in [1.807, 2.05) is 32.0 Å². The lowest BCUT2D eigenvalue weighted by atomic mass is 9.96. The molecule has 0 spiro atoms. The molecule has 0 radical (unpaired) electrons. The molecule has 0 unspecified atom stereocenters. The van der Waals surface area contributed by atoms with E-state index < -0.39 is 4.92 Å². The van der Waals surface area contributed by atoms with Crippen LogP contribution in [-0.2, 0) is 0 Å². The van der Waals surface area contributed by atoms with Crippen molar-refractivity contribution in [2.45, 2.75) is 33.6 Å². The first-order valence-electron chi connectivity index (χ1n) is 13.7. The van der Waals surface area contributed by atoms with Crippen LogP contribution in [0.2, 0.25) is 5.02 Å². The molecule has 2 aromatic heterocycles. The van der Waals surface area contributed by atoms with Gasteiger partial charge in [0, 0.05) is 17.7 Å². The zero-order chi connectivity index (χ0) is 31.5. The van der Waals surface area contributed by atoms with Crippen molar-refractivity contribution in [3.63, 3.8) is 0 Å². The number of pyridine rings is 1. The lowest BCUT2D eigenvalue weighted by molar-refractivity contribution is -0.385. The van der Waals surface area contributed by atoms with Crippen LogP contribution in [0, 0.1) is 17.0 Å². The fraction of sp³-hybridized carbons (Fsp3) is 0.188. The number of ether oxygens (including phenoxy) is 2. The van der Waals surface area contributed by atoms with Gasteiger partial charge < -0.3 is 9.47 Å². The molecule has 0 aliphatic heterocycles. The van der Waals surface area contributed by atoms with Crippen molar-refractivity contribution >= 4 is 50.3 Å². The highest BCUT2D eigenvalue weighted by Gasteiger charge is 2.19. The van der Waals surface area contributed by atoms with Gasteiger partial charge in [0.2, 0.25) is 5.88 Å². The largest absolute Gasteiger partial charge is 0.494 e. The molecule has 224 valence electrons. The summed E-state index contributed by atoms with van der Waals surface area (Å²) in [6.07, 6.45) is 2.61. The minimum Gasteiger partial charge on any atom is -0.494 e. The number of hydrogen-bond acceptors (Lipinski definition) is 8. The number of fused-ring (bicyclic) bond motifs is 1. The molecule has 0 amide bonds. The molecule has 12 heteroatoms. The molecule has 0 atom stereocenters. The smallest absolute Gasteiger partial charge is 0.287 e. The van der Waals surface area contributed by atoms with Gasteiger partial charge in [0.05, 0.1) is 38.1 Å². The minimum atomic E-state index is -0.546. The van der Waals surface area contributed by atoms with Crippen LogP contribution >= 0.6 is 27.5 Å². The van der Waals surface area contributed by atoms with Crippen LogP contribution < -0.4 is 15.0 Å². The molecule has 3 aromatic carbocycles. The first-order valence-corrected chi connectivity index (χ1v) is 14.9. The topological polar surface area (TPSA) is 122 Å². The Hall–Kier alpha value is -4.61. The van der Waals surface area contributed by atoms with E-state index in [2.05, 4.69) is 39.9 Å². The third-order valence-corrected chi connectivity index (χ3v) is 7.62. The first-order chi connectivity index (χ1) is 21.1. The third-order valence-electron chi connectivity index (χ3n) is 6.75. The van der Waals surface area contributed by atoms with Gasteiger partial charge in [0.25, 0.3) is 11.2 Å². The molecule has 0 aliphatic rings. The summed E-state index contributed by atoms with van der Waals surface area (Å²) in [5.41, 5.74) is 3.29. The summed E-state index contributed by atoms with van der Waals surface area (Å²) in [5.74, 6) is 1.75. The molecule has 5 aromatic rings. The standard InChI is InChI=1S/C32H27BrClN5O5/c1-5-43-28-12-19(4)24(15-23(28)18(2)3)31-37-27-9-7-6-8-22(27)32(40)38(31)36-16-20-13-25(33)30(26(34)14-20)44-29-11-10-21(17-35-29)39(41)42/h6-18H,5H2,1-4H3. The van der Waals surface area contributed by atoms with Crippen LogP contribution in [-0.4, -0.2) is 32.4 Å². The van der Waals surface area contributed by atoms with Gasteiger partial charge in [0.15, 0.2) is 11.6 Å². The highest BCUT2D eigenvalue weighted by atomic mass is 79.9. The molecule has 0 N–H and O–H groups in total. The summed E-state index contributed by atoms with van der Waals surface area (Å²) in [6, 6.07) is 17.1. The van der Waals surface area contributed by atoms with Gasteiger partial charge in [-0.2, -0.15) is 9.78 Å². The van der Waals surface area contributed by atoms with E-state index in [0.717, 1.165) is 28.6 Å². The molecule has 0 saturated heterocycles. The summed E-state index contributed by atoms with van der Waals surface area (Å²) in [5, 5.41) is 16.2. The number of nitrogens with zero attached hydrogens (tertiary/aromatic N) is 5. The van der Waals surface area contributed by atoms with Gasteiger partial charge in [-0.25, -0.2) is 9.97 Å². The summed E-state index contributed by atoms with van der Waals surface area (Å²) in [6.45, 7) is 8.60. The second-order valence-corrected chi connectivity index (χ2v) is 11.4. The van der Waals surface area contributed by atoms with E-state index >= 15 is 0 Å². The Balaban J connectivity index is 1.58. The molecular weight excluding hydrogens is 650 g/mol. The third kappa shape index (κ3) is 6.34. The van der Waals surface area contributed by atoms with E-state index in [-0.39, 0.29) is 33.8 Å². The number of para-hydroxylation sites is 1. The van der Waals surface area contributed by atoms with E-state index in [1.165, 1.54) is 23.0 Å². The second kappa shape index (κ2) is 12.9. The normalized spacial score (nSPS) is 11.4. The molecular formula is C32H27BrClN5O5. The van der Waals surface area contributed by atoms with Gasteiger partial charge in [-0.05, 0) is 88.8 Å². The van der Waals surface area contributed by atoms with Gasteiger partial charge in [0.1, 0.15) is 11.9 Å². The van der Waals surface area contributed by atoms with Crippen molar-refractivity contribution in [3.05, 3.63) is 114 Å². The molecule has 44 heavy (non-hydrogen) atoms. The van der Waals surface area contributed by atoms with Crippen molar-refractivity contribution < 1.29 is 14.4 Å². The number of aryl methyl sites for hydroxylation is 1. The van der Waals surface area contributed by atoms with Gasteiger partial charge in [-0.1, -0.05) is 37.6 Å². The van der Waals surface area contributed by atoms with Crippen molar-refractivity contribution in [2.75, 3.05) is 6.61 Å². The highest BCUT2D eigenvalue weighted by Crippen LogP contribution is 2.37. The van der Waals surface area contributed by atoms with Gasteiger partial charge in [-0.15, -0.1) is 0 Å². The maximum atomic E-state index is 13.8. The van der Waals surface area contributed by atoms with Crippen LogP contribution in [0.25, 0.3) is 22.3 Å². The van der Waals surface area contributed by atoms with E-state index in [4.69, 9.17) is 26.1 Å². The highest BCUT2D eigenvalue weighted by molar-refractivity contribution is 9.10. The Morgan fingerprint density at radius 1 is 1.16 bits per heavy atom. The Labute approximate surface area is 266 Å². The predicted octanol–water partition coefficient (Wildman–Crippen LogP) is 8.29. The lowest BCUT2D eigenvalue weighted by Gasteiger charge is -2.18. The molecule has 0 saturated carbocycles. The zero-order valence-electron chi connectivity index (χ0n) is 24.2. The van der Waals surface area contributed by atoms with Crippen LogP contribution in [0.5, 0.6) is 17.4 Å². The van der Waals surface area contributed by atoms with Crippen LogP contribution in [0.3, 0.4) is 0 Å². The summed E-state index contributed by atoms with van der Waals surface area (Å²) < 4.78 is 13.5. The first kappa shape index (κ1) is 30.8. The summed E-state index contributed by atoms with van der Waals surface area (Å²) >= 11 is 10.0. The second-order valence-electron chi connectivity index (χ2n) is 10.1. The van der Waals surface area contributed by atoms with Crippen molar-refractivity contribution in [2.24, 2.45) is 5.10 Å². The zero-order valence-corrected chi connectivity index (χ0v) is 26.6. The molecule has 5 rings (SSSR count). The van der Waals surface area contributed by atoms with Crippen molar-refractivity contribution in [1.29, 1.82) is 0 Å². The number of hydrogen-bond donors (Lipinski definition) is 0. The predicted molar refractivity (Wildman–Crippen MR) is 175 cm³/mol. The Morgan fingerprint density at radius 2 is 1.93 bits per heavy atom. The summed E-state index contributed by atoms with van der Waals surface area (Å²) in [4.78, 5) is 33.0. The fourth-order valence-electron chi connectivity index (χ4n) is 4.60. The lowest BCUT2D eigenvalue weighted by Crippen LogP contribution is -2.21. The quantitative estimate of drug-likeness (QED) is 0.0875. The van der Waals surface area contributed by atoms with Crippen LogP contribution in [0.1, 0.15) is 43.4 Å². The molecule has 10 nitrogen and oxygen atoms in total. The molecule has 0 aliphatic carbocycles. The van der Waals surface area contributed by atoms with E-state index in [0.29, 0.717) is 33.4 Å². The minimum absolute atomic E-state index is 0.129. The molecule has 0 bridgehead atoms. The molecule has 0 fully saturated rings. The van der Waals surface area contributed by atoms with Gasteiger partial charge in [-0.3, -0.25) is 14.9 Å². The average Bonchev–Trinajstić information content (AvgIpc) is 2.99. The maximum absolute atomic E-state index is 13.8. The number of nitro groups is 1. The Bertz CT molecular complexity index is 1950. The summed E-state index contributed by atoms with van der Waals surface area (Å²) in [7, 11) is 0. The van der Waals surface area contributed by atoms with Crippen molar-refractivity contribution in [1.82, 2.24) is 14.6 Å². The van der Waals surface area contributed by atoms with Crippen molar-refractivity contribution in [3.8, 4) is 28.8 Å². The molecule has 2 heterocycles. The number of benzene rings is 3. The van der Waals surface area contributed by atoms with E-state index in [1.54, 1.807) is 30.3 Å².